The smallest absolute Gasteiger partial charge is 0.00670 e. The minimum Gasteiger partial charge on any atom is -0.0616 e. The van der Waals surface area contributed by atoms with E-state index in [4.69, 9.17) is 0 Å². The lowest BCUT2D eigenvalue weighted by molar-refractivity contribution is 1.36. The number of fused-ring (bicyclic) bond motifs is 4. The Morgan fingerprint density at radius 1 is 0.500 bits per heavy atom. The molecular formula is C22H20. The second-order valence-electron chi connectivity index (χ2n) is 6.39. The maximum atomic E-state index is 2.29. The first kappa shape index (κ1) is 13.3. The lowest BCUT2D eigenvalue weighted by Gasteiger charge is -2.17. The van der Waals surface area contributed by atoms with Crippen LogP contribution in [0.4, 0.5) is 0 Å². The highest BCUT2D eigenvalue weighted by Crippen LogP contribution is 2.38. The summed E-state index contributed by atoms with van der Waals surface area (Å²) in [5.74, 6) is 0. The zero-order valence-corrected chi connectivity index (χ0v) is 13.6. The summed E-state index contributed by atoms with van der Waals surface area (Å²) < 4.78 is 0. The fourth-order valence-electron chi connectivity index (χ4n) is 3.87. The monoisotopic (exact) mass is 284 g/mol. The van der Waals surface area contributed by atoms with Crippen LogP contribution in [0.25, 0.3) is 32.3 Å². The Balaban J connectivity index is 2.37. The minimum atomic E-state index is 1.32. The Morgan fingerprint density at radius 3 is 1.95 bits per heavy atom. The van der Waals surface area contributed by atoms with Gasteiger partial charge in [-0.1, -0.05) is 48.5 Å². The summed E-state index contributed by atoms with van der Waals surface area (Å²) in [5.41, 5.74) is 5.58. The van der Waals surface area contributed by atoms with Gasteiger partial charge in [-0.15, -0.1) is 0 Å². The second kappa shape index (κ2) is 4.58. The molecule has 0 aromatic heterocycles. The Bertz CT molecular complexity index is 1050. The third-order valence-corrected chi connectivity index (χ3v) is 5.22. The van der Waals surface area contributed by atoms with E-state index in [-0.39, 0.29) is 0 Å². The van der Waals surface area contributed by atoms with Gasteiger partial charge in [-0.2, -0.15) is 0 Å². The van der Waals surface area contributed by atoms with Gasteiger partial charge in [0.15, 0.2) is 0 Å². The molecule has 0 spiro atoms. The van der Waals surface area contributed by atoms with Crippen molar-refractivity contribution >= 4 is 32.3 Å². The number of rotatable bonds is 0. The molecule has 0 aliphatic heterocycles. The summed E-state index contributed by atoms with van der Waals surface area (Å²) in [7, 11) is 0. The lowest BCUT2D eigenvalue weighted by atomic mass is 9.87. The molecule has 0 aliphatic rings. The highest BCUT2D eigenvalue weighted by atomic mass is 14.2. The van der Waals surface area contributed by atoms with E-state index in [0.717, 1.165) is 0 Å². The molecule has 0 bridgehead atoms. The first-order chi connectivity index (χ1) is 10.6. The van der Waals surface area contributed by atoms with E-state index in [2.05, 4.69) is 76.2 Å². The van der Waals surface area contributed by atoms with E-state index in [0.29, 0.717) is 0 Å². The maximum absolute atomic E-state index is 2.29. The number of aryl methyl sites for hydroxylation is 4. The summed E-state index contributed by atoms with van der Waals surface area (Å²) >= 11 is 0. The molecule has 0 saturated carbocycles. The molecular weight excluding hydrogens is 264 g/mol. The van der Waals surface area contributed by atoms with Crippen LogP contribution in [0.1, 0.15) is 22.3 Å². The van der Waals surface area contributed by atoms with Crippen molar-refractivity contribution in [3.63, 3.8) is 0 Å². The molecule has 108 valence electrons. The first-order valence-corrected chi connectivity index (χ1v) is 7.90. The molecule has 0 aliphatic carbocycles. The van der Waals surface area contributed by atoms with Crippen molar-refractivity contribution in [2.24, 2.45) is 0 Å². The summed E-state index contributed by atoms with van der Waals surface area (Å²) in [6.45, 7) is 8.99. The van der Waals surface area contributed by atoms with Gasteiger partial charge >= 0.3 is 0 Å². The third kappa shape index (κ3) is 1.64. The molecule has 4 rings (SSSR count). The van der Waals surface area contributed by atoms with Crippen LogP contribution in [-0.2, 0) is 0 Å². The second-order valence-corrected chi connectivity index (χ2v) is 6.39. The lowest BCUT2D eigenvalue weighted by Crippen LogP contribution is -1.93. The molecule has 0 radical (unpaired) electrons. The normalized spacial score (nSPS) is 11.6. The van der Waals surface area contributed by atoms with Crippen molar-refractivity contribution in [3.05, 3.63) is 70.8 Å². The van der Waals surface area contributed by atoms with E-state index in [1.165, 1.54) is 54.6 Å². The van der Waals surface area contributed by atoms with Crippen molar-refractivity contribution in [3.8, 4) is 0 Å². The van der Waals surface area contributed by atoms with Gasteiger partial charge in [-0.05, 0) is 82.3 Å². The van der Waals surface area contributed by atoms with Crippen LogP contribution in [0.5, 0.6) is 0 Å². The Morgan fingerprint density at radius 2 is 1.14 bits per heavy atom. The fourth-order valence-corrected chi connectivity index (χ4v) is 3.87. The van der Waals surface area contributed by atoms with Crippen LogP contribution in [-0.4, -0.2) is 0 Å². The molecule has 22 heavy (non-hydrogen) atoms. The molecule has 0 saturated heterocycles. The average molecular weight is 284 g/mol. The number of hydrogen-bond donors (Lipinski definition) is 0. The standard InChI is InChI=1S/C22H20/c1-13-9-11-18-16(4)22-19(15(3)21(18)14(13)2)12-10-17-7-5-6-8-20(17)22/h5-12H,1-4H3. The molecule has 0 atom stereocenters. The fraction of sp³-hybridized carbons (Fsp3) is 0.182. The Hall–Kier alpha value is -2.34. The van der Waals surface area contributed by atoms with E-state index in [9.17, 15) is 0 Å². The average Bonchev–Trinajstić information content (AvgIpc) is 2.54. The Kier molecular flexibility index (Phi) is 2.77. The van der Waals surface area contributed by atoms with Gasteiger partial charge in [0.1, 0.15) is 0 Å². The van der Waals surface area contributed by atoms with Crippen LogP contribution in [0.2, 0.25) is 0 Å². The first-order valence-electron chi connectivity index (χ1n) is 7.90. The van der Waals surface area contributed by atoms with Gasteiger partial charge in [0.25, 0.3) is 0 Å². The molecule has 0 nitrogen and oxygen atoms in total. The third-order valence-electron chi connectivity index (χ3n) is 5.22. The van der Waals surface area contributed by atoms with Crippen LogP contribution < -0.4 is 0 Å². The van der Waals surface area contributed by atoms with Crippen LogP contribution >= 0.6 is 0 Å². The van der Waals surface area contributed by atoms with Gasteiger partial charge in [-0.3, -0.25) is 0 Å². The zero-order chi connectivity index (χ0) is 15.4. The summed E-state index contributed by atoms with van der Waals surface area (Å²) in [6, 6.07) is 17.8. The van der Waals surface area contributed by atoms with E-state index >= 15 is 0 Å². The predicted molar refractivity (Wildman–Crippen MR) is 97.9 cm³/mol. The number of benzene rings is 4. The highest BCUT2D eigenvalue weighted by Gasteiger charge is 2.13. The van der Waals surface area contributed by atoms with Crippen LogP contribution in [0.3, 0.4) is 0 Å². The van der Waals surface area contributed by atoms with Crippen molar-refractivity contribution < 1.29 is 0 Å². The SMILES string of the molecule is Cc1ccc2c(C)c3c(ccc4ccccc43)c(C)c2c1C. The van der Waals surface area contributed by atoms with Crippen molar-refractivity contribution in [1.29, 1.82) is 0 Å². The number of hydrogen-bond acceptors (Lipinski definition) is 0. The molecule has 0 N–H and O–H groups in total. The van der Waals surface area contributed by atoms with Crippen molar-refractivity contribution in [2.75, 3.05) is 0 Å². The maximum Gasteiger partial charge on any atom is -0.00670 e. The van der Waals surface area contributed by atoms with Crippen molar-refractivity contribution in [2.45, 2.75) is 27.7 Å². The molecule has 0 heteroatoms. The van der Waals surface area contributed by atoms with Gasteiger partial charge in [0.05, 0.1) is 0 Å². The van der Waals surface area contributed by atoms with E-state index in [1.807, 2.05) is 0 Å². The summed E-state index contributed by atoms with van der Waals surface area (Å²) in [5, 5.41) is 8.30. The molecule has 0 amide bonds. The molecule has 0 heterocycles. The van der Waals surface area contributed by atoms with E-state index < -0.39 is 0 Å². The predicted octanol–water partition coefficient (Wildman–Crippen LogP) is 6.38. The molecule has 0 unspecified atom stereocenters. The van der Waals surface area contributed by atoms with Gasteiger partial charge in [-0.25, -0.2) is 0 Å². The summed E-state index contributed by atoms with van der Waals surface area (Å²) in [6.07, 6.45) is 0. The zero-order valence-electron chi connectivity index (χ0n) is 13.6. The van der Waals surface area contributed by atoms with Crippen molar-refractivity contribution in [1.82, 2.24) is 0 Å². The van der Waals surface area contributed by atoms with Gasteiger partial charge < -0.3 is 0 Å². The van der Waals surface area contributed by atoms with Gasteiger partial charge in [0, 0.05) is 0 Å². The van der Waals surface area contributed by atoms with Crippen LogP contribution in [0.15, 0.2) is 48.5 Å². The van der Waals surface area contributed by atoms with E-state index in [1.54, 1.807) is 0 Å². The topological polar surface area (TPSA) is 0 Å². The Labute approximate surface area is 131 Å². The quantitative estimate of drug-likeness (QED) is 0.259. The molecule has 4 aromatic rings. The molecule has 0 fully saturated rings. The highest BCUT2D eigenvalue weighted by molar-refractivity contribution is 6.17. The van der Waals surface area contributed by atoms with Gasteiger partial charge in [0.2, 0.25) is 0 Å². The molecule has 4 aromatic carbocycles. The largest absolute Gasteiger partial charge is 0.0616 e. The summed E-state index contributed by atoms with van der Waals surface area (Å²) in [4.78, 5) is 0. The van der Waals surface area contributed by atoms with Crippen LogP contribution in [0, 0.1) is 27.7 Å². The minimum absolute atomic E-state index is 1.32.